The normalized spacial score (nSPS) is 13.2. The van der Waals surface area contributed by atoms with Crippen LogP contribution in [0.4, 0.5) is 0 Å². The molecule has 0 aliphatic rings. The van der Waals surface area contributed by atoms with E-state index in [-0.39, 0.29) is 6.04 Å². The fourth-order valence-electron chi connectivity index (χ4n) is 1.60. The standard InChI is InChI=1S/C12H17N3O/c1-9(2)15-6-5-10(14-15)8-11(13)12-4-3-7-16-12/h3-7,9,11H,8,13H2,1-2H3. The number of nitrogens with zero attached hydrogens (tertiary/aromatic N) is 2. The lowest BCUT2D eigenvalue weighted by Gasteiger charge is -2.07. The number of furan rings is 1. The Morgan fingerprint density at radius 1 is 1.44 bits per heavy atom. The second-order valence-corrected chi connectivity index (χ2v) is 4.21. The van der Waals surface area contributed by atoms with Crippen molar-refractivity contribution < 1.29 is 4.42 Å². The summed E-state index contributed by atoms with van der Waals surface area (Å²) in [5.74, 6) is 0.805. The molecule has 0 radical (unpaired) electrons. The van der Waals surface area contributed by atoms with Gasteiger partial charge in [-0.2, -0.15) is 5.10 Å². The van der Waals surface area contributed by atoms with E-state index in [9.17, 15) is 0 Å². The molecule has 0 bridgehead atoms. The van der Waals surface area contributed by atoms with Gasteiger partial charge in [0.2, 0.25) is 0 Å². The van der Waals surface area contributed by atoms with Crippen LogP contribution in [0.25, 0.3) is 0 Å². The average Bonchev–Trinajstić information content (AvgIpc) is 2.87. The lowest BCUT2D eigenvalue weighted by Crippen LogP contribution is -2.13. The van der Waals surface area contributed by atoms with E-state index in [1.54, 1.807) is 6.26 Å². The molecule has 2 aromatic rings. The highest BCUT2D eigenvalue weighted by atomic mass is 16.3. The molecule has 4 heteroatoms. The minimum Gasteiger partial charge on any atom is -0.468 e. The van der Waals surface area contributed by atoms with Gasteiger partial charge < -0.3 is 10.2 Å². The van der Waals surface area contributed by atoms with Crippen molar-refractivity contribution in [3.05, 3.63) is 42.1 Å². The van der Waals surface area contributed by atoms with Crippen LogP contribution in [0.3, 0.4) is 0 Å². The smallest absolute Gasteiger partial charge is 0.120 e. The van der Waals surface area contributed by atoms with Gasteiger partial charge in [0.1, 0.15) is 5.76 Å². The van der Waals surface area contributed by atoms with Crippen molar-refractivity contribution >= 4 is 0 Å². The fraction of sp³-hybridized carbons (Fsp3) is 0.417. The molecule has 2 heterocycles. The molecule has 1 atom stereocenters. The van der Waals surface area contributed by atoms with Crippen molar-refractivity contribution in [2.45, 2.75) is 32.4 Å². The molecule has 0 fully saturated rings. The molecule has 16 heavy (non-hydrogen) atoms. The zero-order valence-corrected chi connectivity index (χ0v) is 9.63. The molecule has 0 amide bonds. The van der Waals surface area contributed by atoms with Gasteiger partial charge in [0.05, 0.1) is 18.0 Å². The van der Waals surface area contributed by atoms with Gasteiger partial charge in [-0.05, 0) is 32.0 Å². The molecule has 0 spiro atoms. The zero-order chi connectivity index (χ0) is 11.5. The maximum atomic E-state index is 6.01. The van der Waals surface area contributed by atoms with Crippen LogP contribution >= 0.6 is 0 Å². The predicted octanol–water partition coefficient (Wildman–Crippen LogP) is 2.30. The van der Waals surface area contributed by atoms with Crippen LogP contribution in [0.5, 0.6) is 0 Å². The van der Waals surface area contributed by atoms with Gasteiger partial charge in [-0.15, -0.1) is 0 Å². The Bertz CT molecular complexity index is 431. The van der Waals surface area contributed by atoms with E-state index in [4.69, 9.17) is 10.2 Å². The monoisotopic (exact) mass is 219 g/mol. The maximum Gasteiger partial charge on any atom is 0.120 e. The van der Waals surface area contributed by atoms with Gasteiger partial charge in [0.15, 0.2) is 0 Å². The fourth-order valence-corrected chi connectivity index (χ4v) is 1.60. The van der Waals surface area contributed by atoms with Crippen molar-refractivity contribution in [3.63, 3.8) is 0 Å². The van der Waals surface area contributed by atoms with E-state index in [0.29, 0.717) is 12.5 Å². The first kappa shape index (κ1) is 11.0. The Hall–Kier alpha value is -1.55. The molecule has 0 saturated carbocycles. The molecule has 4 nitrogen and oxygen atoms in total. The molecule has 2 aromatic heterocycles. The highest BCUT2D eigenvalue weighted by Crippen LogP contribution is 2.15. The van der Waals surface area contributed by atoms with Crippen LogP contribution in [0.1, 0.15) is 37.4 Å². The number of nitrogens with two attached hydrogens (primary N) is 1. The van der Waals surface area contributed by atoms with Crippen molar-refractivity contribution in [2.75, 3.05) is 0 Å². The Morgan fingerprint density at radius 3 is 2.81 bits per heavy atom. The quantitative estimate of drug-likeness (QED) is 0.858. The highest BCUT2D eigenvalue weighted by Gasteiger charge is 2.11. The van der Waals surface area contributed by atoms with Gasteiger partial charge in [0.25, 0.3) is 0 Å². The summed E-state index contributed by atoms with van der Waals surface area (Å²) >= 11 is 0. The summed E-state index contributed by atoms with van der Waals surface area (Å²) in [4.78, 5) is 0. The zero-order valence-electron chi connectivity index (χ0n) is 9.63. The lowest BCUT2D eigenvalue weighted by atomic mass is 10.1. The third-order valence-corrected chi connectivity index (χ3v) is 2.53. The summed E-state index contributed by atoms with van der Waals surface area (Å²) in [5.41, 5.74) is 7.01. The van der Waals surface area contributed by atoms with Crippen LogP contribution in [0.15, 0.2) is 35.1 Å². The molecular weight excluding hydrogens is 202 g/mol. The molecular formula is C12H17N3O. The molecule has 2 N–H and O–H groups in total. The van der Waals surface area contributed by atoms with Crippen molar-refractivity contribution in [1.29, 1.82) is 0 Å². The Labute approximate surface area is 95.1 Å². The first-order valence-corrected chi connectivity index (χ1v) is 5.50. The first-order chi connectivity index (χ1) is 7.66. The van der Waals surface area contributed by atoms with E-state index < -0.39 is 0 Å². The number of hydrogen-bond acceptors (Lipinski definition) is 3. The molecule has 86 valence electrons. The summed E-state index contributed by atoms with van der Waals surface area (Å²) in [7, 11) is 0. The van der Waals surface area contributed by atoms with Crippen LogP contribution in [0, 0.1) is 0 Å². The van der Waals surface area contributed by atoms with E-state index >= 15 is 0 Å². The average molecular weight is 219 g/mol. The highest BCUT2D eigenvalue weighted by molar-refractivity contribution is 5.09. The molecule has 2 rings (SSSR count). The summed E-state index contributed by atoms with van der Waals surface area (Å²) in [6.07, 6.45) is 4.32. The predicted molar refractivity (Wildman–Crippen MR) is 62.0 cm³/mol. The van der Waals surface area contributed by atoms with Gasteiger partial charge in [-0.3, -0.25) is 4.68 Å². The van der Waals surface area contributed by atoms with Gasteiger partial charge in [-0.1, -0.05) is 0 Å². The topological polar surface area (TPSA) is 57.0 Å². The summed E-state index contributed by atoms with van der Waals surface area (Å²) < 4.78 is 7.20. The van der Waals surface area contributed by atoms with Gasteiger partial charge in [0, 0.05) is 18.7 Å². The number of aromatic nitrogens is 2. The molecule has 1 unspecified atom stereocenters. The molecule has 0 aliphatic carbocycles. The lowest BCUT2D eigenvalue weighted by molar-refractivity contribution is 0.459. The largest absolute Gasteiger partial charge is 0.468 e. The van der Waals surface area contributed by atoms with E-state index in [2.05, 4.69) is 18.9 Å². The van der Waals surface area contributed by atoms with E-state index in [1.165, 1.54) is 0 Å². The SMILES string of the molecule is CC(C)n1ccc(CC(N)c2ccco2)n1. The van der Waals surface area contributed by atoms with Crippen LogP contribution in [-0.2, 0) is 6.42 Å². The Kier molecular flexibility index (Phi) is 3.10. The minimum atomic E-state index is -0.120. The summed E-state index contributed by atoms with van der Waals surface area (Å²) in [6, 6.07) is 6.01. The summed E-state index contributed by atoms with van der Waals surface area (Å²) in [6.45, 7) is 4.20. The van der Waals surface area contributed by atoms with Gasteiger partial charge in [-0.25, -0.2) is 0 Å². The molecule has 0 saturated heterocycles. The molecule has 0 aliphatic heterocycles. The Balaban J connectivity index is 2.03. The Morgan fingerprint density at radius 2 is 2.25 bits per heavy atom. The first-order valence-electron chi connectivity index (χ1n) is 5.50. The van der Waals surface area contributed by atoms with Crippen molar-refractivity contribution in [1.82, 2.24) is 9.78 Å². The second-order valence-electron chi connectivity index (χ2n) is 4.21. The summed E-state index contributed by atoms with van der Waals surface area (Å²) in [5, 5.41) is 4.45. The maximum absolute atomic E-state index is 6.01. The van der Waals surface area contributed by atoms with Crippen molar-refractivity contribution in [3.8, 4) is 0 Å². The van der Waals surface area contributed by atoms with Gasteiger partial charge >= 0.3 is 0 Å². The van der Waals surface area contributed by atoms with Crippen molar-refractivity contribution in [2.24, 2.45) is 5.73 Å². The second kappa shape index (κ2) is 4.53. The van der Waals surface area contributed by atoms with Crippen LogP contribution in [-0.4, -0.2) is 9.78 Å². The number of hydrogen-bond donors (Lipinski definition) is 1. The minimum absolute atomic E-state index is 0.120. The van der Waals surface area contributed by atoms with Crippen LogP contribution in [0.2, 0.25) is 0 Å². The van der Waals surface area contributed by atoms with E-state index in [1.807, 2.05) is 29.1 Å². The van der Waals surface area contributed by atoms with Crippen LogP contribution < -0.4 is 5.73 Å². The number of rotatable bonds is 4. The third kappa shape index (κ3) is 2.33. The molecule has 0 aromatic carbocycles. The van der Waals surface area contributed by atoms with E-state index in [0.717, 1.165) is 11.5 Å². The third-order valence-electron chi connectivity index (χ3n) is 2.53.